The van der Waals surface area contributed by atoms with Gasteiger partial charge in [-0.05, 0) is 49.2 Å². The molecule has 0 aliphatic rings. The number of hydrogen-bond donors (Lipinski definition) is 6. The molecule has 2 aromatic rings. The Morgan fingerprint density at radius 1 is 0.760 bits per heavy atom. The van der Waals surface area contributed by atoms with Crippen LogP contribution in [0.1, 0.15) is 11.1 Å². The van der Waals surface area contributed by atoms with Crippen molar-refractivity contribution < 1.29 is 27.7 Å². The van der Waals surface area contributed by atoms with Gasteiger partial charge in [-0.25, -0.2) is 0 Å². The van der Waals surface area contributed by atoms with Crippen LogP contribution in [-0.2, 0) is 10.4 Å². The summed E-state index contributed by atoms with van der Waals surface area (Å²) in [7, 11) is -1.09. The lowest BCUT2D eigenvalue weighted by Crippen LogP contribution is -1.89. The van der Waals surface area contributed by atoms with Crippen molar-refractivity contribution in [2.45, 2.75) is 13.8 Å². The van der Waals surface area contributed by atoms with Gasteiger partial charge in [0.25, 0.3) is 0 Å². The van der Waals surface area contributed by atoms with Gasteiger partial charge in [0.15, 0.2) is 0 Å². The lowest BCUT2D eigenvalue weighted by Gasteiger charge is -2.02. The molecule has 0 fully saturated rings. The van der Waals surface area contributed by atoms with Crippen molar-refractivity contribution in [1.29, 1.82) is 0 Å². The Morgan fingerprint density at radius 3 is 1.24 bits per heavy atom. The van der Waals surface area contributed by atoms with E-state index in [1.54, 1.807) is 26.2 Å². The molecule has 0 amide bonds. The number of benzene rings is 2. The highest BCUT2D eigenvalue weighted by Crippen LogP contribution is 2.23. The average molecular weight is 372 g/mol. The van der Waals surface area contributed by atoms with Gasteiger partial charge in [0, 0.05) is 14.1 Å². The van der Waals surface area contributed by atoms with Gasteiger partial charge in [0.05, 0.1) is 11.4 Å². The van der Waals surface area contributed by atoms with Crippen LogP contribution in [0.2, 0.25) is 0 Å². The molecule has 8 nitrogen and oxygen atoms in total. The summed E-state index contributed by atoms with van der Waals surface area (Å²) < 4.78 is 31.6. The highest BCUT2D eigenvalue weighted by molar-refractivity contribution is 7.79. The maximum absolute atomic E-state index is 9.17. The van der Waals surface area contributed by atoms with E-state index in [9.17, 15) is 10.2 Å². The molecule has 25 heavy (non-hydrogen) atoms. The smallest absolute Gasteiger partial charge is 0.394 e. The summed E-state index contributed by atoms with van der Waals surface area (Å²) in [5, 5.41) is 24.1. The average Bonchev–Trinajstić information content (AvgIpc) is 2.51. The molecule has 0 heterocycles. The number of aromatic hydroxyl groups is 2. The molecule has 2 rings (SSSR count). The van der Waals surface area contributed by atoms with Crippen molar-refractivity contribution >= 4 is 21.8 Å². The van der Waals surface area contributed by atoms with E-state index in [2.05, 4.69) is 10.6 Å². The van der Waals surface area contributed by atoms with Crippen LogP contribution in [0, 0.1) is 13.8 Å². The molecular formula is C16H24N2O6S. The number of rotatable bonds is 2. The Kier molecular flexibility index (Phi) is 9.36. The molecule has 0 aliphatic carbocycles. The van der Waals surface area contributed by atoms with Crippen molar-refractivity contribution in [1.82, 2.24) is 0 Å². The van der Waals surface area contributed by atoms with Crippen molar-refractivity contribution in [3.63, 3.8) is 0 Å². The van der Waals surface area contributed by atoms with E-state index in [4.69, 9.17) is 17.5 Å². The van der Waals surface area contributed by atoms with Crippen LogP contribution in [-0.4, -0.2) is 41.8 Å². The second kappa shape index (κ2) is 10.4. The van der Waals surface area contributed by atoms with Crippen molar-refractivity contribution in [3.8, 4) is 11.5 Å². The first-order chi connectivity index (χ1) is 11.5. The molecule has 0 saturated heterocycles. The zero-order chi connectivity index (χ0) is 19.6. The fraction of sp³-hybridized carbons (Fsp3) is 0.250. The Bertz CT molecular complexity index is 719. The predicted molar refractivity (Wildman–Crippen MR) is 99.0 cm³/mol. The number of aryl methyl sites for hydroxylation is 2. The quantitative estimate of drug-likeness (QED) is 0.349. The van der Waals surface area contributed by atoms with Gasteiger partial charge < -0.3 is 20.8 Å². The minimum absolute atomic E-state index is 0.299. The van der Waals surface area contributed by atoms with Gasteiger partial charge in [0.1, 0.15) is 11.5 Å². The molecule has 0 radical (unpaired) electrons. The first kappa shape index (κ1) is 22.5. The molecule has 0 spiro atoms. The van der Waals surface area contributed by atoms with Gasteiger partial charge >= 0.3 is 10.4 Å². The molecule has 0 atom stereocenters. The minimum Gasteiger partial charge on any atom is -0.506 e. The summed E-state index contributed by atoms with van der Waals surface area (Å²) in [5.74, 6) is 0.598. The van der Waals surface area contributed by atoms with Crippen molar-refractivity contribution in [2.24, 2.45) is 0 Å². The van der Waals surface area contributed by atoms with Gasteiger partial charge in [-0.1, -0.05) is 12.1 Å². The Hall–Kier alpha value is -2.49. The molecule has 6 N–H and O–H groups in total. The summed E-state index contributed by atoms with van der Waals surface area (Å²) in [6.07, 6.45) is 0. The van der Waals surface area contributed by atoms with E-state index >= 15 is 0 Å². The third-order valence-electron chi connectivity index (χ3n) is 2.84. The normalized spacial score (nSPS) is 9.84. The summed E-state index contributed by atoms with van der Waals surface area (Å²) in [6, 6.07) is 10.9. The summed E-state index contributed by atoms with van der Waals surface area (Å²) >= 11 is 0. The van der Waals surface area contributed by atoms with Gasteiger partial charge in [0.2, 0.25) is 0 Å². The van der Waals surface area contributed by atoms with Crippen LogP contribution in [0.4, 0.5) is 11.4 Å². The molecule has 0 bridgehead atoms. The van der Waals surface area contributed by atoms with E-state index in [0.29, 0.717) is 11.5 Å². The molecule has 0 saturated carbocycles. The zero-order valence-electron chi connectivity index (χ0n) is 14.5. The van der Waals surface area contributed by atoms with Gasteiger partial charge in [-0.2, -0.15) is 8.42 Å². The van der Waals surface area contributed by atoms with Gasteiger partial charge in [-0.3, -0.25) is 9.11 Å². The van der Waals surface area contributed by atoms with E-state index in [1.165, 1.54) is 0 Å². The first-order valence-corrected chi connectivity index (χ1v) is 8.52. The topological polar surface area (TPSA) is 139 Å². The standard InChI is InChI=1S/2C8H11NO.H2O4S/c2*1-6-3-4-8(10)7(5-6)9-2;1-5(2,3)4/h2*3-5,9-10H,1-2H3;(H2,1,2,3,4). The minimum atomic E-state index is -4.67. The number of nitrogens with one attached hydrogen (secondary N) is 2. The fourth-order valence-corrected chi connectivity index (χ4v) is 1.70. The monoisotopic (exact) mass is 372 g/mol. The predicted octanol–water partition coefficient (Wildman–Crippen LogP) is 2.83. The number of anilines is 2. The summed E-state index contributed by atoms with van der Waals surface area (Å²) in [6.45, 7) is 3.97. The van der Waals surface area contributed by atoms with Crippen LogP contribution in [0.25, 0.3) is 0 Å². The highest BCUT2D eigenvalue weighted by atomic mass is 32.3. The number of hydrogen-bond acceptors (Lipinski definition) is 6. The van der Waals surface area contributed by atoms with E-state index < -0.39 is 10.4 Å². The number of phenols is 2. The third-order valence-corrected chi connectivity index (χ3v) is 2.84. The molecule has 0 aromatic heterocycles. The van der Waals surface area contributed by atoms with Gasteiger partial charge in [-0.15, -0.1) is 0 Å². The zero-order valence-corrected chi connectivity index (χ0v) is 15.3. The first-order valence-electron chi connectivity index (χ1n) is 7.12. The largest absolute Gasteiger partial charge is 0.506 e. The Morgan fingerprint density at radius 2 is 1.04 bits per heavy atom. The fourth-order valence-electron chi connectivity index (χ4n) is 1.70. The van der Waals surface area contributed by atoms with Crippen molar-refractivity contribution in [3.05, 3.63) is 47.5 Å². The highest BCUT2D eigenvalue weighted by Gasteiger charge is 1.96. The van der Waals surface area contributed by atoms with E-state index in [0.717, 1.165) is 22.5 Å². The second-order valence-electron chi connectivity index (χ2n) is 4.99. The molecule has 0 unspecified atom stereocenters. The van der Waals surface area contributed by atoms with Crippen LogP contribution in [0.5, 0.6) is 11.5 Å². The lowest BCUT2D eigenvalue weighted by molar-refractivity contribution is 0.381. The molecule has 9 heteroatoms. The van der Waals surface area contributed by atoms with Crippen LogP contribution in [0.15, 0.2) is 36.4 Å². The molecule has 140 valence electrons. The molecule has 2 aromatic carbocycles. The maximum Gasteiger partial charge on any atom is 0.394 e. The second-order valence-corrected chi connectivity index (χ2v) is 5.88. The Labute approximate surface area is 147 Å². The van der Waals surface area contributed by atoms with Crippen LogP contribution in [0.3, 0.4) is 0 Å². The van der Waals surface area contributed by atoms with E-state index in [-0.39, 0.29) is 0 Å². The van der Waals surface area contributed by atoms with Crippen LogP contribution >= 0.6 is 0 Å². The van der Waals surface area contributed by atoms with Crippen molar-refractivity contribution in [2.75, 3.05) is 24.7 Å². The third kappa shape index (κ3) is 10.8. The molecule has 0 aliphatic heterocycles. The summed E-state index contributed by atoms with van der Waals surface area (Å²) in [5.41, 5.74) is 3.84. The summed E-state index contributed by atoms with van der Waals surface area (Å²) in [4.78, 5) is 0. The Balaban J connectivity index is 0.000000368. The van der Waals surface area contributed by atoms with Crippen LogP contribution < -0.4 is 10.6 Å². The number of phenolic OH excluding ortho intramolecular Hbond substituents is 2. The van der Waals surface area contributed by atoms with E-state index in [1.807, 2.05) is 38.1 Å². The lowest BCUT2D eigenvalue weighted by atomic mass is 10.2. The molecular weight excluding hydrogens is 348 g/mol. The SMILES string of the molecule is CNc1cc(C)ccc1O.CNc1cc(C)ccc1O.O=S(=O)(O)O. The maximum atomic E-state index is 9.17.